The van der Waals surface area contributed by atoms with Gasteiger partial charge in [-0.1, -0.05) is 216 Å². The first-order valence-electron chi connectivity index (χ1n) is 28.1. The Morgan fingerprint density at radius 1 is 0.562 bits per heavy atom. The maximum atomic E-state index is 13.9. The van der Waals surface area contributed by atoms with Gasteiger partial charge in [-0.05, 0) is 61.7 Å². The van der Waals surface area contributed by atoms with Gasteiger partial charge in [0, 0.05) is 6.42 Å². The van der Waals surface area contributed by atoms with Gasteiger partial charge in [-0.15, -0.1) is 0 Å². The minimum atomic E-state index is -1.64. The third kappa shape index (κ3) is 24.3. The third-order valence-electron chi connectivity index (χ3n) is 13.5. The van der Waals surface area contributed by atoms with Crippen molar-refractivity contribution in [3.8, 4) is 0 Å². The molecule has 1 saturated heterocycles. The van der Waals surface area contributed by atoms with Crippen LogP contribution in [0, 0.1) is 0 Å². The lowest BCUT2D eigenvalue weighted by Gasteiger charge is -2.43. The summed E-state index contributed by atoms with van der Waals surface area (Å²) in [6, 6.07) is 24.0. The molecule has 0 aliphatic carbocycles. The fraction of sp³-hybridized carbons (Fsp3) is 0.607. The van der Waals surface area contributed by atoms with Gasteiger partial charge in [0.15, 0.2) is 18.5 Å². The van der Waals surface area contributed by atoms with Crippen LogP contribution in [0.1, 0.15) is 212 Å². The Bertz CT molecular complexity index is 1950. The largest absolute Gasteiger partial charge is 0.452 e. The summed E-state index contributed by atoms with van der Waals surface area (Å²) in [6.07, 6.45) is 24.7. The average molecular weight is 1010 g/mol. The molecule has 3 N–H and O–H groups in total. The summed E-state index contributed by atoms with van der Waals surface area (Å²) in [7, 11) is 0. The molecule has 4 rings (SSSR count). The molecule has 404 valence electrons. The second kappa shape index (κ2) is 37.8. The zero-order valence-electron chi connectivity index (χ0n) is 44.2. The van der Waals surface area contributed by atoms with Gasteiger partial charge >= 0.3 is 17.9 Å². The molecule has 1 aliphatic heterocycles. The Kier molecular flexibility index (Phi) is 31.4. The number of carbonyl (C=O) groups excluding carboxylic acids is 4. The number of hydrogen-bond acceptors (Lipinski definition) is 11. The number of amides is 1. The molecule has 0 spiro atoms. The molecule has 0 bridgehead atoms. The fourth-order valence-electron chi connectivity index (χ4n) is 9.14. The molecule has 12 nitrogen and oxygen atoms in total. The van der Waals surface area contributed by atoms with Crippen LogP contribution < -0.4 is 5.32 Å². The van der Waals surface area contributed by atoms with Crippen molar-refractivity contribution in [3.05, 3.63) is 120 Å². The molecule has 3 aromatic carbocycles. The SMILES string of the molecule is CCCCCCCCCCCCCC=C[C@@H](OC(=O)c1ccccc1)[C@H](CO[C@@H]1O[C@H](CO)[C@H](O)[C@H](OC(=O)c2ccccc2)[C@H]1OC(=O)c1ccccc1)NC(=O)CCCCCCCCCCCCCCC. The molecule has 0 saturated carbocycles. The summed E-state index contributed by atoms with van der Waals surface area (Å²) in [5.41, 5.74) is 0.694. The van der Waals surface area contributed by atoms with Crippen LogP contribution in [0.15, 0.2) is 103 Å². The van der Waals surface area contributed by atoms with Crippen LogP contribution in [0.4, 0.5) is 0 Å². The molecule has 3 aromatic rings. The van der Waals surface area contributed by atoms with Crippen molar-refractivity contribution in [2.75, 3.05) is 13.2 Å². The first-order valence-corrected chi connectivity index (χ1v) is 28.1. The summed E-state index contributed by atoms with van der Waals surface area (Å²) in [6.45, 7) is 3.45. The van der Waals surface area contributed by atoms with E-state index >= 15 is 0 Å². The summed E-state index contributed by atoms with van der Waals surface area (Å²) in [5.74, 6) is -2.47. The highest BCUT2D eigenvalue weighted by molar-refractivity contribution is 5.91. The quantitative estimate of drug-likeness (QED) is 0.0215. The Morgan fingerprint density at radius 2 is 0.973 bits per heavy atom. The highest BCUT2D eigenvalue weighted by Crippen LogP contribution is 2.29. The van der Waals surface area contributed by atoms with Gasteiger partial charge in [-0.2, -0.15) is 0 Å². The van der Waals surface area contributed by atoms with E-state index in [4.69, 9.17) is 23.7 Å². The van der Waals surface area contributed by atoms with E-state index in [1.54, 1.807) is 97.1 Å². The summed E-state index contributed by atoms with van der Waals surface area (Å²) in [5, 5.41) is 25.1. The Morgan fingerprint density at radius 3 is 1.42 bits per heavy atom. The zero-order valence-corrected chi connectivity index (χ0v) is 44.2. The van der Waals surface area contributed by atoms with Crippen LogP contribution in [-0.4, -0.2) is 90.1 Å². The average Bonchev–Trinajstić information content (AvgIpc) is 3.41. The number of hydrogen-bond donors (Lipinski definition) is 3. The van der Waals surface area contributed by atoms with Crippen LogP contribution >= 0.6 is 0 Å². The van der Waals surface area contributed by atoms with Crippen molar-refractivity contribution in [1.29, 1.82) is 0 Å². The van der Waals surface area contributed by atoms with E-state index in [2.05, 4.69) is 19.2 Å². The lowest BCUT2D eigenvalue weighted by molar-refractivity contribution is -0.300. The van der Waals surface area contributed by atoms with E-state index in [0.29, 0.717) is 12.0 Å². The molecule has 73 heavy (non-hydrogen) atoms. The van der Waals surface area contributed by atoms with E-state index in [1.807, 2.05) is 6.08 Å². The zero-order chi connectivity index (χ0) is 52.1. The van der Waals surface area contributed by atoms with E-state index in [1.165, 1.54) is 109 Å². The topological polar surface area (TPSA) is 167 Å². The summed E-state index contributed by atoms with van der Waals surface area (Å²) >= 11 is 0. The standard InChI is InChI=1S/C61H89NO11/c1-3-5-7-9-11-13-15-17-19-21-23-25-36-44-52(70-58(66)48-38-30-27-31-39-48)51(62-54(64)45-37-26-24-22-20-18-16-14-12-10-8-6-4-2)47-69-61-57(73-60(68)50-42-34-29-35-43-50)56(55(65)53(46-63)71-61)72-59(67)49-40-32-28-33-41-49/h27-36,38-44,51-53,55-57,61,63,65H,3-26,37,45-47H2,1-2H3,(H,62,64)/t51-,52+,53+,55-,56-,57+,61+/m0/s1. The van der Waals surface area contributed by atoms with E-state index in [0.717, 1.165) is 44.9 Å². The minimum absolute atomic E-state index is 0.182. The molecule has 1 amide bonds. The molecule has 1 aliphatic rings. The Hall–Kier alpha value is -4.88. The van der Waals surface area contributed by atoms with E-state index in [9.17, 15) is 29.4 Å². The van der Waals surface area contributed by atoms with Gasteiger partial charge in [-0.25, -0.2) is 14.4 Å². The van der Waals surface area contributed by atoms with E-state index in [-0.39, 0.29) is 30.1 Å². The highest BCUT2D eigenvalue weighted by Gasteiger charge is 2.51. The van der Waals surface area contributed by atoms with Crippen molar-refractivity contribution in [1.82, 2.24) is 5.32 Å². The maximum Gasteiger partial charge on any atom is 0.338 e. The van der Waals surface area contributed by atoms with Gasteiger partial charge in [0.1, 0.15) is 18.3 Å². The monoisotopic (exact) mass is 1010 g/mol. The van der Waals surface area contributed by atoms with Crippen molar-refractivity contribution in [2.24, 2.45) is 0 Å². The number of benzene rings is 3. The number of carbonyl (C=O) groups is 4. The number of aliphatic hydroxyl groups is 2. The van der Waals surface area contributed by atoms with Gasteiger partial charge in [-0.3, -0.25) is 4.79 Å². The number of ether oxygens (including phenoxy) is 5. The van der Waals surface area contributed by atoms with Crippen LogP contribution in [0.2, 0.25) is 0 Å². The second-order valence-electron chi connectivity index (χ2n) is 19.7. The van der Waals surface area contributed by atoms with Crippen molar-refractivity contribution in [3.63, 3.8) is 0 Å². The molecule has 0 radical (unpaired) electrons. The molecule has 1 fully saturated rings. The van der Waals surface area contributed by atoms with Crippen molar-refractivity contribution < 1.29 is 53.1 Å². The number of aliphatic hydroxyl groups excluding tert-OH is 2. The molecular weight excluding hydrogens is 923 g/mol. The number of allylic oxidation sites excluding steroid dienone is 1. The first-order chi connectivity index (χ1) is 35.7. The summed E-state index contributed by atoms with van der Waals surface area (Å²) in [4.78, 5) is 54.9. The smallest absolute Gasteiger partial charge is 0.338 e. The lowest BCUT2D eigenvalue weighted by atomic mass is 9.98. The molecule has 1 heterocycles. The van der Waals surface area contributed by atoms with Crippen LogP contribution in [0.3, 0.4) is 0 Å². The minimum Gasteiger partial charge on any atom is -0.452 e. The summed E-state index contributed by atoms with van der Waals surface area (Å²) < 4.78 is 30.6. The highest BCUT2D eigenvalue weighted by atomic mass is 16.7. The molecule has 7 atom stereocenters. The maximum absolute atomic E-state index is 13.9. The number of esters is 3. The predicted octanol–water partition coefficient (Wildman–Crippen LogP) is 13.0. The predicted molar refractivity (Wildman–Crippen MR) is 287 cm³/mol. The number of unbranched alkanes of at least 4 members (excludes halogenated alkanes) is 23. The normalized spacial score (nSPS) is 18.5. The van der Waals surface area contributed by atoms with Crippen molar-refractivity contribution in [2.45, 2.75) is 224 Å². The van der Waals surface area contributed by atoms with Crippen molar-refractivity contribution >= 4 is 23.8 Å². The van der Waals surface area contributed by atoms with Crippen LogP contribution in [0.25, 0.3) is 0 Å². The van der Waals surface area contributed by atoms with Crippen LogP contribution in [0.5, 0.6) is 0 Å². The Balaban J connectivity index is 1.52. The first kappa shape index (κ1) is 60.7. The lowest BCUT2D eigenvalue weighted by Crippen LogP contribution is -2.62. The third-order valence-corrected chi connectivity index (χ3v) is 13.5. The number of rotatable bonds is 39. The van der Waals surface area contributed by atoms with Gasteiger partial charge in [0.05, 0.1) is 35.9 Å². The molecule has 0 aromatic heterocycles. The molecular formula is C61H89NO11. The van der Waals surface area contributed by atoms with Gasteiger partial charge < -0.3 is 39.2 Å². The van der Waals surface area contributed by atoms with E-state index < -0.39 is 67.4 Å². The second-order valence-corrected chi connectivity index (χ2v) is 19.7. The van der Waals surface area contributed by atoms with Gasteiger partial charge in [0.2, 0.25) is 5.91 Å². The Labute approximate surface area is 437 Å². The molecule has 0 unspecified atom stereocenters. The van der Waals surface area contributed by atoms with Gasteiger partial charge in [0.25, 0.3) is 0 Å². The number of nitrogens with one attached hydrogen (secondary N) is 1. The van der Waals surface area contributed by atoms with Crippen LogP contribution in [-0.2, 0) is 28.5 Å². The fourth-order valence-corrected chi connectivity index (χ4v) is 9.14. The molecule has 12 heteroatoms.